The quantitative estimate of drug-likeness (QED) is 0.753. The fourth-order valence-corrected chi connectivity index (χ4v) is 1.26. The van der Waals surface area contributed by atoms with Gasteiger partial charge < -0.3 is 5.11 Å². The van der Waals surface area contributed by atoms with Crippen LogP contribution in [0.25, 0.3) is 5.76 Å². The average molecular weight is 359 g/mol. The van der Waals surface area contributed by atoms with Gasteiger partial charge in [-0.05, 0) is 18.1 Å². The van der Waals surface area contributed by atoms with Crippen LogP contribution in [0.3, 0.4) is 0 Å². The molecule has 1 aromatic carbocycles. The minimum Gasteiger partial charge on any atom is -0.508 e. The molecule has 0 fully saturated rings. The maximum Gasteiger partial charge on any atom is 0.119 e. The summed E-state index contributed by atoms with van der Waals surface area (Å²) in [6.07, 6.45) is 2.71. The largest absolute Gasteiger partial charge is 0.508 e. The summed E-state index contributed by atoms with van der Waals surface area (Å²) in [4.78, 5) is 0. The number of fused-ring (bicyclic) bond motifs is 1. The SMILES string of the molecule is OC1=CCc2ccccc21.[Ac]. The van der Waals surface area contributed by atoms with Crippen LogP contribution in [0.2, 0.25) is 0 Å². The average Bonchev–Trinajstić information content (AvgIpc) is 2.34. The molecule has 0 aromatic heterocycles. The van der Waals surface area contributed by atoms with Crippen molar-refractivity contribution in [3.05, 3.63) is 41.5 Å². The van der Waals surface area contributed by atoms with Crippen LogP contribution in [0.15, 0.2) is 30.3 Å². The Hall–Kier alpha value is 0.202. The van der Waals surface area contributed by atoms with Crippen LogP contribution in [0.1, 0.15) is 11.1 Å². The molecule has 2 rings (SSSR count). The summed E-state index contributed by atoms with van der Waals surface area (Å²) in [7, 11) is 0. The molecule has 0 saturated carbocycles. The smallest absolute Gasteiger partial charge is 0.119 e. The van der Waals surface area contributed by atoms with E-state index in [1.165, 1.54) is 5.56 Å². The molecule has 0 spiro atoms. The van der Waals surface area contributed by atoms with Crippen molar-refractivity contribution in [1.29, 1.82) is 0 Å². The van der Waals surface area contributed by atoms with Gasteiger partial charge in [-0.3, -0.25) is 0 Å². The topological polar surface area (TPSA) is 20.2 Å². The second-order valence-electron chi connectivity index (χ2n) is 2.45. The van der Waals surface area contributed by atoms with E-state index in [0.29, 0.717) is 5.76 Å². The van der Waals surface area contributed by atoms with Crippen molar-refractivity contribution in [3.63, 3.8) is 0 Å². The summed E-state index contributed by atoms with van der Waals surface area (Å²) >= 11 is 0. The molecule has 2 heteroatoms. The first-order chi connectivity index (χ1) is 4.88. The predicted octanol–water partition coefficient (Wildman–Crippen LogP) is 2.14. The monoisotopic (exact) mass is 359 g/mol. The molecule has 11 heavy (non-hydrogen) atoms. The second kappa shape index (κ2) is 3.74. The van der Waals surface area contributed by atoms with Crippen LogP contribution in [-0.4, -0.2) is 5.11 Å². The van der Waals surface area contributed by atoms with Gasteiger partial charge in [-0.1, -0.05) is 24.3 Å². The molecule has 0 unspecified atom stereocenters. The van der Waals surface area contributed by atoms with Crippen molar-refractivity contribution >= 4 is 5.76 Å². The zero-order chi connectivity index (χ0) is 6.97. The molecule has 1 aromatic rings. The van der Waals surface area contributed by atoms with Gasteiger partial charge in [0.2, 0.25) is 0 Å². The predicted molar refractivity (Wildman–Crippen MR) is 40.8 cm³/mol. The number of hydrogen-bond donors (Lipinski definition) is 1. The van der Waals surface area contributed by atoms with Gasteiger partial charge in [0.15, 0.2) is 0 Å². The van der Waals surface area contributed by atoms with Crippen LogP contribution in [0.5, 0.6) is 0 Å². The summed E-state index contributed by atoms with van der Waals surface area (Å²) in [5.41, 5.74) is 2.21. The molecule has 1 N–H and O–H groups in total. The molecule has 0 aliphatic heterocycles. The van der Waals surface area contributed by atoms with E-state index >= 15 is 0 Å². The third kappa shape index (κ3) is 1.68. The van der Waals surface area contributed by atoms with Crippen LogP contribution in [-0.2, 0) is 6.42 Å². The van der Waals surface area contributed by atoms with Gasteiger partial charge >= 0.3 is 0 Å². The molecule has 0 saturated heterocycles. The van der Waals surface area contributed by atoms with E-state index in [0.717, 1.165) is 12.0 Å². The van der Waals surface area contributed by atoms with Gasteiger partial charge in [-0.15, -0.1) is 0 Å². The molecule has 1 nitrogen and oxygen atoms in total. The summed E-state index contributed by atoms with van der Waals surface area (Å²) < 4.78 is 0. The fourth-order valence-electron chi connectivity index (χ4n) is 1.26. The van der Waals surface area contributed by atoms with Crippen molar-refractivity contribution < 1.29 is 49.2 Å². The van der Waals surface area contributed by atoms with Gasteiger partial charge in [0.05, 0.1) is 0 Å². The van der Waals surface area contributed by atoms with E-state index in [2.05, 4.69) is 0 Å². The Morgan fingerprint density at radius 1 is 1.18 bits per heavy atom. The third-order valence-electron chi connectivity index (χ3n) is 1.81. The van der Waals surface area contributed by atoms with Gasteiger partial charge in [0.25, 0.3) is 0 Å². The van der Waals surface area contributed by atoms with Crippen LogP contribution in [0.4, 0.5) is 0 Å². The zero-order valence-corrected chi connectivity index (χ0v) is 10.9. The molecule has 53 valence electrons. The van der Waals surface area contributed by atoms with Gasteiger partial charge in [-0.2, -0.15) is 0 Å². The van der Waals surface area contributed by atoms with E-state index in [1.54, 1.807) is 0 Å². The second-order valence-corrected chi connectivity index (χ2v) is 2.45. The summed E-state index contributed by atoms with van der Waals surface area (Å²) in [5, 5.41) is 9.24. The number of hydrogen-bond acceptors (Lipinski definition) is 1. The first-order valence-electron chi connectivity index (χ1n) is 3.35. The Bertz CT molecular complexity index is 291. The third-order valence-corrected chi connectivity index (χ3v) is 1.81. The van der Waals surface area contributed by atoms with Crippen molar-refractivity contribution in [3.8, 4) is 0 Å². The Morgan fingerprint density at radius 3 is 2.64 bits per heavy atom. The van der Waals surface area contributed by atoms with E-state index in [-0.39, 0.29) is 44.1 Å². The number of benzene rings is 1. The minimum atomic E-state index is 0. The zero-order valence-electron chi connectivity index (χ0n) is 6.12. The van der Waals surface area contributed by atoms with E-state index in [1.807, 2.05) is 30.3 Å². The molecular formula is C9H8AcO. The van der Waals surface area contributed by atoms with E-state index < -0.39 is 0 Å². The van der Waals surface area contributed by atoms with Crippen LogP contribution >= 0.6 is 0 Å². The minimum absolute atomic E-state index is 0. The van der Waals surface area contributed by atoms with Crippen molar-refractivity contribution in [2.45, 2.75) is 6.42 Å². The van der Waals surface area contributed by atoms with Crippen molar-refractivity contribution in [2.24, 2.45) is 0 Å². The van der Waals surface area contributed by atoms with Crippen LogP contribution < -0.4 is 0 Å². The molecular weight excluding hydrogens is 351 g/mol. The number of allylic oxidation sites excluding steroid dienone is 1. The molecule has 1 aliphatic carbocycles. The van der Waals surface area contributed by atoms with E-state index in [4.69, 9.17) is 0 Å². The molecule has 0 heterocycles. The number of aliphatic hydroxyl groups excluding tert-OH is 1. The van der Waals surface area contributed by atoms with Crippen molar-refractivity contribution in [2.75, 3.05) is 0 Å². The molecule has 0 atom stereocenters. The normalized spacial score (nSPS) is 13.3. The summed E-state index contributed by atoms with van der Waals surface area (Å²) in [5.74, 6) is 0.426. The Kier molecular flexibility index (Phi) is 3.16. The Balaban J connectivity index is 0.000000605. The molecule has 0 bridgehead atoms. The standard InChI is InChI=1S/C9H8O.Ac/c10-9-6-5-7-3-1-2-4-8(7)9;/h1-4,6,10H,5H2;. The summed E-state index contributed by atoms with van der Waals surface area (Å²) in [6.45, 7) is 0. The first-order valence-corrected chi connectivity index (χ1v) is 3.35. The first kappa shape index (κ1) is 9.29. The Morgan fingerprint density at radius 2 is 1.91 bits per heavy atom. The fraction of sp³-hybridized carbons (Fsp3) is 0.111. The van der Waals surface area contributed by atoms with Crippen molar-refractivity contribution in [1.82, 2.24) is 0 Å². The Labute approximate surface area is 102 Å². The van der Waals surface area contributed by atoms with E-state index in [9.17, 15) is 5.11 Å². The molecule has 1 aliphatic rings. The number of aliphatic hydroxyl groups is 1. The van der Waals surface area contributed by atoms with Crippen LogP contribution in [0, 0.1) is 44.1 Å². The molecule has 1 radical (unpaired) electrons. The maximum absolute atomic E-state index is 9.24. The van der Waals surface area contributed by atoms with Gasteiger partial charge in [-0.25, -0.2) is 0 Å². The van der Waals surface area contributed by atoms with Gasteiger partial charge in [0, 0.05) is 49.6 Å². The maximum atomic E-state index is 9.24. The number of rotatable bonds is 0. The molecule has 0 amide bonds. The summed E-state index contributed by atoms with van der Waals surface area (Å²) in [6, 6.07) is 7.91. The van der Waals surface area contributed by atoms with Gasteiger partial charge in [0.1, 0.15) is 5.76 Å².